The van der Waals surface area contributed by atoms with E-state index < -0.39 is 20.4 Å². The Labute approximate surface area is 117 Å². The monoisotopic (exact) mass is 289 g/mol. The first-order chi connectivity index (χ1) is 8.56. The Morgan fingerprint density at radius 2 is 1.95 bits per heavy atom. The first kappa shape index (κ1) is 16.6. The molecule has 0 saturated carbocycles. The topological polar surface area (TPSA) is 59.0 Å². The second-order valence-electron chi connectivity index (χ2n) is 6.76. The average Bonchev–Trinajstić information content (AvgIpc) is 2.22. The normalized spacial score (nSPS) is 19.9. The van der Waals surface area contributed by atoms with E-state index in [1.54, 1.807) is 0 Å². The molecule has 1 N–H and O–H groups in total. The van der Waals surface area contributed by atoms with Crippen LogP contribution >= 0.6 is 0 Å². The number of β-amino-alcohol motifs (C(OH)–C–C–N with tert-alkyl or cyclic N) is 1. The van der Waals surface area contributed by atoms with Gasteiger partial charge in [-0.15, -0.1) is 0 Å². The lowest BCUT2D eigenvalue weighted by Crippen LogP contribution is -2.59. The molecule has 1 rings (SSSR count). The van der Waals surface area contributed by atoms with Gasteiger partial charge in [0.15, 0.2) is 14.4 Å². The first-order valence-electron chi connectivity index (χ1n) is 6.73. The van der Waals surface area contributed by atoms with E-state index in [4.69, 9.17) is 4.43 Å². The van der Waals surface area contributed by atoms with Gasteiger partial charge in [0, 0.05) is 19.6 Å². The van der Waals surface area contributed by atoms with Crippen molar-refractivity contribution in [2.45, 2.75) is 51.1 Å². The number of carbonyl (C=O) groups excluding carboxylic acids is 1. The Hall–Kier alpha value is -0.433. The lowest BCUT2D eigenvalue weighted by Gasteiger charge is -2.46. The minimum Gasteiger partial charge on any atom is -0.467 e. The van der Waals surface area contributed by atoms with Gasteiger partial charge in [0.1, 0.15) is 0 Å². The summed E-state index contributed by atoms with van der Waals surface area (Å²) in [7, 11) is -0.434. The number of carbonyl (C=O) groups is 1. The van der Waals surface area contributed by atoms with Crippen molar-refractivity contribution in [1.29, 1.82) is 0 Å². The van der Waals surface area contributed by atoms with Gasteiger partial charge in [-0.25, -0.2) is 4.79 Å². The first-order valence-corrected chi connectivity index (χ1v) is 9.63. The third-order valence-corrected chi connectivity index (χ3v) is 8.63. The van der Waals surface area contributed by atoms with Crippen LogP contribution in [0.2, 0.25) is 18.1 Å². The summed E-state index contributed by atoms with van der Waals surface area (Å²) in [5.41, 5.74) is 0. The Balaban J connectivity index is 2.33. The molecule has 0 aliphatic carbocycles. The Morgan fingerprint density at radius 1 is 1.42 bits per heavy atom. The van der Waals surface area contributed by atoms with Gasteiger partial charge in [-0.2, -0.15) is 0 Å². The molecule has 0 amide bonds. The van der Waals surface area contributed by atoms with Crippen LogP contribution in [0.5, 0.6) is 0 Å². The van der Waals surface area contributed by atoms with Gasteiger partial charge in [-0.3, -0.25) is 4.90 Å². The fourth-order valence-electron chi connectivity index (χ4n) is 1.79. The molecule has 1 aliphatic heterocycles. The summed E-state index contributed by atoms with van der Waals surface area (Å²) in [5, 5.41) is 9.76. The van der Waals surface area contributed by atoms with Gasteiger partial charge in [0.25, 0.3) is 0 Å². The van der Waals surface area contributed by atoms with Crippen LogP contribution in [-0.2, 0) is 14.0 Å². The van der Waals surface area contributed by atoms with Gasteiger partial charge < -0.3 is 14.3 Å². The van der Waals surface area contributed by atoms with Crippen molar-refractivity contribution >= 4 is 14.3 Å². The SMILES string of the molecule is COC(=O)C(O)CN1CC(O[Si](C)(C)C(C)(C)C)C1. The molecule has 1 unspecified atom stereocenters. The number of ether oxygens (including phenoxy) is 1. The van der Waals surface area contributed by atoms with Crippen molar-refractivity contribution in [3.63, 3.8) is 0 Å². The molecule has 5 nitrogen and oxygen atoms in total. The number of hydrogen-bond donors (Lipinski definition) is 1. The molecular formula is C13H27NO4Si. The summed E-state index contributed by atoms with van der Waals surface area (Å²) in [6.07, 6.45) is -0.829. The maximum Gasteiger partial charge on any atom is 0.336 e. The van der Waals surface area contributed by atoms with E-state index in [1.807, 2.05) is 4.90 Å². The second-order valence-corrected chi connectivity index (χ2v) is 11.5. The standard InChI is InChI=1S/C13H27NO4Si/c1-13(2,3)19(5,6)18-10-7-14(8-10)9-11(15)12(16)17-4/h10-11,15H,7-9H2,1-6H3. The van der Waals surface area contributed by atoms with Gasteiger partial charge in [-0.1, -0.05) is 20.8 Å². The van der Waals surface area contributed by atoms with E-state index in [9.17, 15) is 9.90 Å². The van der Waals surface area contributed by atoms with Crippen molar-refractivity contribution in [3.8, 4) is 0 Å². The zero-order valence-corrected chi connectivity index (χ0v) is 13.9. The number of rotatable bonds is 5. The molecule has 1 saturated heterocycles. The van der Waals surface area contributed by atoms with Crippen molar-refractivity contribution in [2.24, 2.45) is 0 Å². The molecule has 6 heteroatoms. The van der Waals surface area contributed by atoms with Crippen LogP contribution in [0.4, 0.5) is 0 Å². The van der Waals surface area contributed by atoms with E-state index in [-0.39, 0.29) is 11.1 Å². The van der Waals surface area contributed by atoms with Crippen LogP contribution in [0.3, 0.4) is 0 Å². The third kappa shape index (κ3) is 4.27. The number of hydrogen-bond acceptors (Lipinski definition) is 5. The minimum atomic E-state index is -1.72. The van der Waals surface area contributed by atoms with E-state index in [0.29, 0.717) is 6.54 Å². The van der Waals surface area contributed by atoms with Crippen LogP contribution in [0.1, 0.15) is 20.8 Å². The molecule has 1 fully saturated rings. The number of aliphatic hydroxyl groups is 1. The molecule has 0 spiro atoms. The molecule has 0 aromatic heterocycles. The maximum absolute atomic E-state index is 11.1. The number of likely N-dealkylation sites (tertiary alicyclic amines) is 1. The van der Waals surface area contributed by atoms with Crippen LogP contribution in [-0.4, -0.2) is 63.2 Å². The molecule has 19 heavy (non-hydrogen) atoms. The molecule has 0 radical (unpaired) electrons. The highest BCUT2D eigenvalue weighted by atomic mass is 28.4. The Kier molecular flexibility index (Phi) is 5.17. The molecule has 1 atom stereocenters. The van der Waals surface area contributed by atoms with E-state index in [2.05, 4.69) is 38.6 Å². The molecule has 0 aromatic rings. The van der Waals surface area contributed by atoms with E-state index in [1.165, 1.54) is 7.11 Å². The van der Waals surface area contributed by atoms with Gasteiger partial charge in [0.05, 0.1) is 13.2 Å². The average molecular weight is 289 g/mol. The van der Waals surface area contributed by atoms with E-state index in [0.717, 1.165) is 13.1 Å². The summed E-state index contributed by atoms with van der Waals surface area (Å²) in [4.78, 5) is 13.1. The largest absolute Gasteiger partial charge is 0.467 e. The molecule has 0 aromatic carbocycles. The fourth-order valence-corrected chi connectivity index (χ4v) is 3.13. The number of nitrogens with zero attached hydrogens (tertiary/aromatic N) is 1. The van der Waals surface area contributed by atoms with Crippen molar-refractivity contribution in [1.82, 2.24) is 4.90 Å². The number of methoxy groups -OCH3 is 1. The Bertz CT molecular complexity index is 321. The molecule has 1 heterocycles. The fraction of sp³-hybridized carbons (Fsp3) is 0.923. The van der Waals surface area contributed by atoms with Crippen molar-refractivity contribution < 1.29 is 19.1 Å². The summed E-state index contributed by atoms with van der Waals surface area (Å²) >= 11 is 0. The van der Waals surface area contributed by atoms with Crippen LogP contribution < -0.4 is 0 Å². The molecular weight excluding hydrogens is 262 g/mol. The van der Waals surface area contributed by atoms with Crippen LogP contribution in [0, 0.1) is 0 Å². The van der Waals surface area contributed by atoms with Crippen molar-refractivity contribution in [3.05, 3.63) is 0 Å². The number of esters is 1. The van der Waals surface area contributed by atoms with Crippen LogP contribution in [0.15, 0.2) is 0 Å². The smallest absolute Gasteiger partial charge is 0.336 e. The molecule has 112 valence electrons. The Morgan fingerprint density at radius 3 is 2.37 bits per heavy atom. The lowest BCUT2D eigenvalue weighted by atomic mass is 10.1. The minimum absolute atomic E-state index is 0.207. The number of aliphatic hydroxyl groups excluding tert-OH is 1. The zero-order valence-electron chi connectivity index (χ0n) is 12.9. The van der Waals surface area contributed by atoms with E-state index >= 15 is 0 Å². The second kappa shape index (κ2) is 5.91. The summed E-state index contributed by atoms with van der Waals surface area (Å²) < 4.78 is 10.7. The highest BCUT2D eigenvalue weighted by Gasteiger charge is 2.42. The van der Waals surface area contributed by atoms with Crippen LogP contribution in [0.25, 0.3) is 0 Å². The highest BCUT2D eigenvalue weighted by molar-refractivity contribution is 6.74. The third-order valence-electron chi connectivity index (χ3n) is 4.10. The lowest BCUT2D eigenvalue weighted by molar-refractivity contribution is -0.152. The molecule has 1 aliphatic rings. The van der Waals surface area contributed by atoms with Gasteiger partial charge in [0.2, 0.25) is 0 Å². The quantitative estimate of drug-likeness (QED) is 0.609. The van der Waals surface area contributed by atoms with Gasteiger partial charge >= 0.3 is 5.97 Å². The predicted molar refractivity (Wildman–Crippen MR) is 76.5 cm³/mol. The predicted octanol–water partition coefficient (Wildman–Crippen LogP) is 1.23. The highest BCUT2D eigenvalue weighted by Crippen LogP contribution is 2.38. The van der Waals surface area contributed by atoms with Crippen molar-refractivity contribution in [2.75, 3.05) is 26.7 Å². The summed E-state index contributed by atoms with van der Waals surface area (Å²) in [5.74, 6) is -0.575. The summed E-state index contributed by atoms with van der Waals surface area (Å²) in [6, 6.07) is 0. The molecule has 0 bridgehead atoms. The summed E-state index contributed by atoms with van der Waals surface area (Å²) in [6.45, 7) is 13.0. The maximum atomic E-state index is 11.1. The zero-order chi connectivity index (χ0) is 14.8. The van der Waals surface area contributed by atoms with Gasteiger partial charge in [-0.05, 0) is 18.1 Å².